The fourth-order valence-electron chi connectivity index (χ4n) is 3.12. The van der Waals surface area contributed by atoms with Crippen LogP contribution in [0, 0.1) is 0 Å². The van der Waals surface area contributed by atoms with Gasteiger partial charge in [-0.3, -0.25) is 4.57 Å². The quantitative estimate of drug-likeness (QED) is 0.667. The molecule has 0 bridgehead atoms. The first kappa shape index (κ1) is 18.5. The maximum absolute atomic E-state index is 6.15. The van der Waals surface area contributed by atoms with E-state index in [1.54, 1.807) is 0 Å². The largest absolute Gasteiger partial charge is 1.00 e. The number of hydrogen-bond acceptors (Lipinski definition) is 2. The molecule has 132 valence electrons. The van der Waals surface area contributed by atoms with Gasteiger partial charge in [0.05, 0.1) is 24.2 Å². The number of nitrogens with zero attached hydrogens (tertiary/aromatic N) is 2. The van der Waals surface area contributed by atoms with Crippen molar-refractivity contribution in [1.82, 2.24) is 9.55 Å². The lowest BCUT2D eigenvalue weighted by molar-refractivity contribution is -0.929. The number of quaternary nitrogens is 1. The number of halogens is 3. The summed E-state index contributed by atoms with van der Waals surface area (Å²) in [5.41, 5.74) is 3.07. The van der Waals surface area contributed by atoms with Crippen molar-refractivity contribution in [2.45, 2.75) is 6.67 Å². The maximum Gasteiger partial charge on any atom is 0.158 e. The number of nitrogens with one attached hydrogen (secondary N) is 1. The second-order valence-electron chi connectivity index (χ2n) is 6.02. The molecule has 4 rings (SSSR count). The zero-order valence-electron chi connectivity index (χ0n) is 13.5. The molecule has 7 heteroatoms. The molecule has 0 aliphatic carbocycles. The lowest BCUT2D eigenvalue weighted by Gasteiger charge is -2.25. The highest BCUT2D eigenvalue weighted by molar-refractivity contribution is 6.31. The Balaban J connectivity index is 0.00000182. The number of fused-ring (bicyclic) bond motifs is 1. The van der Waals surface area contributed by atoms with E-state index < -0.39 is 0 Å². The first-order valence-electron chi connectivity index (χ1n) is 8.04. The van der Waals surface area contributed by atoms with Crippen molar-refractivity contribution in [2.75, 3.05) is 26.3 Å². The SMILES string of the molecule is Clc1ccc(-c2nc3cc(Cl)ccc3n2C[NH+]2CCOCC2)cc1.[Cl-]. The number of benzene rings is 2. The van der Waals surface area contributed by atoms with Crippen LogP contribution in [0.25, 0.3) is 22.4 Å². The molecule has 3 aromatic rings. The molecule has 1 aliphatic heterocycles. The van der Waals surface area contributed by atoms with E-state index in [-0.39, 0.29) is 12.4 Å². The Hall–Kier alpha value is -1.30. The van der Waals surface area contributed by atoms with Crippen molar-refractivity contribution in [3.8, 4) is 11.4 Å². The van der Waals surface area contributed by atoms with Crippen LogP contribution in [0.4, 0.5) is 0 Å². The van der Waals surface area contributed by atoms with Crippen LogP contribution in [-0.2, 0) is 11.4 Å². The summed E-state index contributed by atoms with van der Waals surface area (Å²) in [4.78, 5) is 6.32. The molecule has 2 aromatic carbocycles. The van der Waals surface area contributed by atoms with Gasteiger partial charge in [0.15, 0.2) is 6.67 Å². The van der Waals surface area contributed by atoms with Crippen LogP contribution >= 0.6 is 23.2 Å². The first-order chi connectivity index (χ1) is 11.7. The van der Waals surface area contributed by atoms with Gasteiger partial charge in [0, 0.05) is 15.6 Å². The van der Waals surface area contributed by atoms with E-state index in [1.807, 2.05) is 42.5 Å². The fraction of sp³-hybridized carbons (Fsp3) is 0.278. The zero-order chi connectivity index (χ0) is 16.5. The first-order valence-corrected chi connectivity index (χ1v) is 8.79. The van der Waals surface area contributed by atoms with E-state index >= 15 is 0 Å². The molecule has 1 N–H and O–H groups in total. The molecule has 1 aliphatic rings. The van der Waals surface area contributed by atoms with E-state index in [9.17, 15) is 0 Å². The van der Waals surface area contributed by atoms with Crippen LogP contribution in [-0.4, -0.2) is 35.9 Å². The minimum absolute atomic E-state index is 0. The highest BCUT2D eigenvalue weighted by Crippen LogP contribution is 2.27. The van der Waals surface area contributed by atoms with Crippen molar-refractivity contribution in [2.24, 2.45) is 0 Å². The molecule has 0 saturated carbocycles. The molecule has 2 heterocycles. The van der Waals surface area contributed by atoms with Crippen LogP contribution in [0.5, 0.6) is 0 Å². The number of ether oxygens (including phenoxy) is 1. The van der Waals surface area contributed by atoms with Gasteiger partial charge in [0.25, 0.3) is 0 Å². The smallest absolute Gasteiger partial charge is 0.158 e. The summed E-state index contributed by atoms with van der Waals surface area (Å²) < 4.78 is 7.75. The summed E-state index contributed by atoms with van der Waals surface area (Å²) in [6.45, 7) is 4.49. The molecule has 1 saturated heterocycles. The molecule has 1 fully saturated rings. The molecule has 4 nitrogen and oxygen atoms in total. The fourth-order valence-corrected chi connectivity index (χ4v) is 3.42. The van der Waals surface area contributed by atoms with Crippen molar-refractivity contribution >= 4 is 34.2 Å². The van der Waals surface area contributed by atoms with Crippen LogP contribution in [0.2, 0.25) is 10.0 Å². The second kappa shape index (κ2) is 7.94. The van der Waals surface area contributed by atoms with Crippen LogP contribution < -0.4 is 17.3 Å². The summed E-state index contributed by atoms with van der Waals surface area (Å²) in [7, 11) is 0. The average molecular weight is 399 g/mol. The van der Waals surface area contributed by atoms with Gasteiger partial charge < -0.3 is 22.0 Å². The number of aromatic nitrogens is 2. The molecule has 0 amide bonds. The van der Waals surface area contributed by atoms with Crippen molar-refractivity contribution < 1.29 is 22.0 Å². The predicted molar refractivity (Wildman–Crippen MR) is 96.7 cm³/mol. The van der Waals surface area contributed by atoms with Crippen molar-refractivity contribution in [3.05, 3.63) is 52.5 Å². The van der Waals surface area contributed by atoms with Gasteiger partial charge >= 0.3 is 0 Å². The van der Waals surface area contributed by atoms with Gasteiger partial charge in [0.1, 0.15) is 18.9 Å². The van der Waals surface area contributed by atoms with Crippen molar-refractivity contribution in [3.63, 3.8) is 0 Å². The third kappa shape index (κ3) is 3.94. The van der Waals surface area contributed by atoms with Gasteiger partial charge in [-0.05, 0) is 42.5 Å². The van der Waals surface area contributed by atoms with Crippen LogP contribution in [0.3, 0.4) is 0 Å². The Kier molecular flexibility index (Phi) is 5.87. The number of hydrogen-bond donors (Lipinski definition) is 1. The van der Waals surface area contributed by atoms with Crippen LogP contribution in [0.1, 0.15) is 0 Å². The zero-order valence-corrected chi connectivity index (χ0v) is 15.8. The Morgan fingerprint density at radius 3 is 2.40 bits per heavy atom. The second-order valence-corrected chi connectivity index (χ2v) is 6.90. The van der Waals surface area contributed by atoms with Gasteiger partial charge in [-0.2, -0.15) is 0 Å². The van der Waals surface area contributed by atoms with Crippen LogP contribution in [0.15, 0.2) is 42.5 Å². The van der Waals surface area contributed by atoms with E-state index in [2.05, 4.69) is 4.57 Å². The minimum atomic E-state index is 0. The molecule has 0 atom stereocenters. The standard InChI is InChI=1S/C18H17Cl2N3O.ClH/c19-14-3-1-13(2-4-14)18-21-16-11-15(20)5-6-17(16)23(18)12-22-7-9-24-10-8-22;/h1-6,11H,7-10,12H2;1H. The topological polar surface area (TPSA) is 31.5 Å². The minimum Gasteiger partial charge on any atom is -1.00 e. The number of rotatable bonds is 3. The summed E-state index contributed by atoms with van der Waals surface area (Å²) in [6, 6.07) is 13.7. The van der Waals surface area contributed by atoms with Gasteiger partial charge in [-0.15, -0.1) is 0 Å². The molecule has 0 spiro atoms. The van der Waals surface area contributed by atoms with Gasteiger partial charge in [-0.1, -0.05) is 23.2 Å². The highest BCUT2D eigenvalue weighted by Gasteiger charge is 2.19. The predicted octanol–water partition coefficient (Wildman–Crippen LogP) is -0.113. The van der Waals surface area contributed by atoms with Crippen molar-refractivity contribution in [1.29, 1.82) is 0 Å². The van der Waals surface area contributed by atoms with Gasteiger partial charge in [0.2, 0.25) is 0 Å². The number of morpholine rings is 1. The summed E-state index contributed by atoms with van der Waals surface area (Å²) in [6.07, 6.45) is 0. The monoisotopic (exact) mass is 397 g/mol. The Morgan fingerprint density at radius 1 is 1.00 bits per heavy atom. The van der Waals surface area contributed by atoms with E-state index in [0.29, 0.717) is 5.02 Å². The Bertz CT molecular complexity index is 858. The maximum atomic E-state index is 6.15. The third-order valence-electron chi connectivity index (χ3n) is 4.39. The number of imidazole rings is 1. The summed E-state index contributed by atoms with van der Waals surface area (Å²) in [5.74, 6) is 0.947. The molecule has 0 radical (unpaired) electrons. The molecule has 0 unspecified atom stereocenters. The average Bonchev–Trinajstić information content (AvgIpc) is 2.94. The molecule has 1 aromatic heterocycles. The van der Waals surface area contributed by atoms with E-state index in [1.165, 1.54) is 4.90 Å². The highest BCUT2D eigenvalue weighted by atomic mass is 35.5. The summed E-state index contributed by atoms with van der Waals surface area (Å²) >= 11 is 12.2. The molecular formula is C18H18Cl3N3O. The lowest BCUT2D eigenvalue weighted by Crippen LogP contribution is -3.13. The Labute approximate surface area is 162 Å². The van der Waals surface area contributed by atoms with E-state index in [0.717, 1.165) is 60.4 Å². The van der Waals surface area contributed by atoms with E-state index in [4.69, 9.17) is 32.9 Å². The summed E-state index contributed by atoms with van der Waals surface area (Å²) in [5, 5.41) is 1.43. The molecule has 25 heavy (non-hydrogen) atoms. The lowest BCUT2D eigenvalue weighted by atomic mass is 10.2. The molecular weight excluding hydrogens is 381 g/mol. The van der Waals surface area contributed by atoms with Gasteiger partial charge in [-0.25, -0.2) is 4.98 Å². The Morgan fingerprint density at radius 2 is 1.68 bits per heavy atom. The normalized spacial score (nSPS) is 15.3. The third-order valence-corrected chi connectivity index (χ3v) is 4.88.